The van der Waals surface area contributed by atoms with Crippen molar-refractivity contribution in [3.8, 4) is 0 Å². The van der Waals surface area contributed by atoms with E-state index in [1.165, 1.54) is 12.1 Å². The van der Waals surface area contributed by atoms with Gasteiger partial charge in [-0.05, 0) is 72.9 Å². The van der Waals surface area contributed by atoms with Crippen LogP contribution in [0, 0.1) is 23.5 Å². The maximum atomic E-state index is 14.5. The minimum absolute atomic E-state index is 0.0574. The SMILES string of the molecule is C=CC[C@@H]1C[C@@]2(C(C)Cc3cc(F)c(CC)cc3F)OCCC2=CC1=O. The molecule has 1 heterocycles. The average molecular weight is 360 g/mol. The summed E-state index contributed by atoms with van der Waals surface area (Å²) in [7, 11) is 0. The third-order valence-corrected chi connectivity index (χ3v) is 5.91. The summed E-state index contributed by atoms with van der Waals surface area (Å²) in [4.78, 5) is 12.3. The van der Waals surface area contributed by atoms with E-state index in [1.54, 1.807) is 19.1 Å². The van der Waals surface area contributed by atoms with Crippen LogP contribution in [0.2, 0.25) is 0 Å². The predicted octanol–water partition coefficient (Wildman–Crippen LogP) is 4.96. The molecule has 1 unspecified atom stereocenters. The number of carbonyl (C=O) groups is 1. The fourth-order valence-corrected chi connectivity index (χ4v) is 4.40. The highest BCUT2D eigenvalue weighted by Crippen LogP contribution is 2.47. The molecule has 2 nitrogen and oxygen atoms in total. The van der Waals surface area contributed by atoms with Gasteiger partial charge in [0.2, 0.25) is 0 Å². The third kappa shape index (κ3) is 3.27. The van der Waals surface area contributed by atoms with Crippen LogP contribution < -0.4 is 0 Å². The summed E-state index contributed by atoms with van der Waals surface area (Å²) in [5.41, 5.74) is 1.20. The molecule has 0 saturated carbocycles. The van der Waals surface area contributed by atoms with Gasteiger partial charge in [-0.3, -0.25) is 4.79 Å². The molecule has 2 aliphatic rings. The van der Waals surface area contributed by atoms with Crippen molar-refractivity contribution in [2.24, 2.45) is 11.8 Å². The Labute approximate surface area is 153 Å². The van der Waals surface area contributed by atoms with Crippen molar-refractivity contribution < 1.29 is 18.3 Å². The van der Waals surface area contributed by atoms with Gasteiger partial charge in [0, 0.05) is 5.92 Å². The molecule has 3 atom stereocenters. The van der Waals surface area contributed by atoms with E-state index in [4.69, 9.17) is 4.74 Å². The summed E-state index contributed by atoms with van der Waals surface area (Å²) in [5, 5.41) is 0. The highest BCUT2D eigenvalue weighted by Gasteiger charge is 2.49. The van der Waals surface area contributed by atoms with Crippen LogP contribution in [0.1, 0.15) is 44.2 Å². The molecule has 1 aromatic carbocycles. The van der Waals surface area contributed by atoms with E-state index in [0.717, 1.165) is 12.0 Å². The number of allylic oxidation sites excluding steroid dienone is 2. The monoisotopic (exact) mass is 360 g/mol. The van der Waals surface area contributed by atoms with Gasteiger partial charge in [-0.15, -0.1) is 6.58 Å². The Balaban J connectivity index is 1.89. The zero-order valence-corrected chi connectivity index (χ0v) is 15.5. The van der Waals surface area contributed by atoms with E-state index >= 15 is 0 Å². The quantitative estimate of drug-likeness (QED) is 0.671. The smallest absolute Gasteiger partial charge is 0.159 e. The van der Waals surface area contributed by atoms with Gasteiger partial charge < -0.3 is 4.74 Å². The van der Waals surface area contributed by atoms with Crippen molar-refractivity contribution >= 4 is 5.78 Å². The topological polar surface area (TPSA) is 26.3 Å². The normalized spacial score (nSPS) is 26.4. The van der Waals surface area contributed by atoms with Crippen LogP contribution in [0.3, 0.4) is 0 Å². The largest absolute Gasteiger partial charge is 0.370 e. The summed E-state index contributed by atoms with van der Waals surface area (Å²) in [6, 6.07) is 2.61. The molecule has 26 heavy (non-hydrogen) atoms. The molecule has 140 valence electrons. The van der Waals surface area contributed by atoms with Crippen molar-refractivity contribution in [2.75, 3.05) is 6.61 Å². The summed E-state index contributed by atoms with van der Waals surface area (Å²) < 4.78 is 34.7. The molecule has 1 aliphatic carbocycles. The number of aryl methyl sites for hydroxylation is 1. The molecule has 0 aromatic heterocycles. The lowest BCUT2D eigenvalue weighted by atomic mass is 9.68. The molecular formula is C22H26F2O2. The number of halogens is 2. The van der Waals surface area contributed by atoms with E-state index in [0.29, 0.717) is 43.4 Å². The van der Waals surface area contributed by atoms with Gasteiger partial charge in [0.25, 0.3) is 0 Å². The van der Waals surface area contributed by atoms with E-state index in [9.17, 15) is 13.6 Å². The Morgan fingerprint density at radius 1 is 1.35 bits per heavy atom. The van der Waals surface area contributed by atoms with Crippen LogP contribution in [-0.4, -0.2) is 18.0 Å². The van der Waals surface area contributed by atoms with E-state index in [-0.39, 0.29) is 29.3 Å². The maximum absolute atomic E-state index is 14.5. The van der Waals surface area contributed by atoms with Crippen LogP contribution in [0.4, 0.5) is 8.78 Å². The molecule has 4 heteroatoms. The summed E-state index contributed by atoms with van der Waals surface area (Å²) in [6.45, 7) is 8.12. The highest BCUT2D eigenvalue weighted by molar-refractivity contribution is 5.94. The fourth-order valence-electron chi connectivity index (χ4n) is 4.40. The Morgan fingerprint density at radius 2 is 2.04 bits per heavy atom. The first kappa shape index (κ1) is 19.0. The Bertz CT molecular complexity index is 753. The average Bonchev–Trinajstić information content (AvgIpc) is 3.02. The summed E-state index contributed by atoms with van der Waals surface area (Å²) in [6.07, 6.45) is 6.23. The zero-order valence-electron chi connectivity index (χ0n) is 15.5. The van der Waals surface area contributed by atoms with Crippen molar-refractivity contribution in [2.45, 2.75) is 51.6 Å². The van der Waals surface area contributed by atoms with Gasteiger partial charge in [0.15, 0.2) is 5.78 Å². The first-order valence-corrected chi connectivity index (χ1v) is 9.37. The molecule has 0 radical (unpaired) electrons. The number of hydrogen-bond acceptors (Lipinski definition) is 2. The molecule has 0 amide bonds. The van der Waals surface area contributed by atoms with Crippen LogP contribution in [0.15, 0.2) is 36.4 Å². The number of fused-ring (bicyclic) bond motifs is 1. The highest BCUT2D eigenvalue weighted by atomic mass is 19.1. The summed E-state index contributed by atoms with van der Waals surface area (Å²) in [5.74, 6) is -0.818. The molecule has 0 spiro atoms. The first-order chi connectivity index (χ1) is 12.4. The van der Waals surface area contributed by atoms with Gasteiger partial charge >= 0.3 is 0 Å². The Morgan fingerprint density at radius 3 is 2.73 bits per heavy atom. The standard InChI is InChI=1S/C22H26F2O2/c1-4-6-16-13-22(18(7-8-26-22)12-21(16)25)14(3)9-17-11-19(23)15(5-2)10-20(17)24/h4,10-12,14,16H,1,5-9,13H2,2-3H3/t14?,16-,22+/m1/s1. The van der Waals surface area contributed by atoms with Crippen LogP contribution in [0.25, 0.3) is 0 Å². The minimum atomic E-state index is -0.562. The molecule has 0 bridgehead atoms. The summed E-state index contributed by atoms with van der Waals surface area (Å²) >= 11 is 0. The van der Waals surface area contributed by atoms with E-state index < -0.39 is 5.60 Å². The third-order valence-electron chi connectivity index (χ3n) is 5.91. The van der Waals surface area contributed by atoms with E-state index in [2.05, 4.69) is 6.58 Å². The number of ether oxygens (including phenoxy) is 1. The molecule has 1 aliphatic heterocycles. The van der Waals surface area contributed by atoms with Crippen molar-refractivity contribution in [3.63, 3.8) is 0 Å². The molecule has 1 fully saturated rings. The van der Waals surface area contributed by atoms with Crippen molar-refractivity contribution in [1.82, 2.24) is 0 Å². The lowest BCUT2D eigenvalue weighted by molar-refractivity contribution is -0.123. The first-order valence-electron chi connectivity index (χ1n) is 9.37. The van der Waals surface area contributed by atoms with Crippen LogP contribution in [0.5, 0.6) is 0 Å². The van der Waals surface area contributed by atoms with Gasteiger partial charge in [-0.25, -0.2) is 8.78 Å². The van der Waals surface area contributed by atoms with Gasteiger partial charge in [-0.1, -0.05) is 19.9 Å². The van der Waals surface area contributed by atoms with Gasteiger partial charge in [-0.2, -0.15) is 0 Å². The predicted molar refractivity (Wildman–Crippen MR) is 97.9 cm³/mol. The molecular weight excluding hydrogens is 334 g/mol. The Kier molecular flexibility index (Phi) is 5.42. The van der Waals surface area contributed by atoms with Gasteiger partial charge in [0.05, 0.1) is 12.2 Å². The number of ketones is 1. The van der Waals surface area contributed by atoms with Crippen LogP contribution >= 0.6 is 0 Å². The van der Waals surface area contributed by atoms with Crippen molar-refractivity contribution in [1.29, 1.82) is 0 Å². The number of carbonyl (C=O) groups excluding carboxylic acids is 1. The second kappa shape index (κ2) is 7.43. The minimum Gasteiger partial charge on any atom is -0.370 e. The number of benzene rings is 1. The Hall–Kier alpha value is -1.81. The van der Waals surface area contributed by atoms with Crippen molar-refractivity contribution in [3.05, 3.63) is 59.2 Å². The van der Waals surface area contributed by atoms with E-state index in [1.807, 2.05) is 6.92 Å². The maximum Gasteiger partial charge on any atom is 0.159 e. The second-order valence-electron chi connectivity index (χ2n) is 7.48. The van der Waals surface area contributed by atoms with Crippen LogP contribution in [-0.2, 0) is 22.4 Å². The number of rotatable bonds is 6. The second-order valence-corrected chi connectivity index (χ2v) is 7.48. The molecule has 1 saturated heterocycles. The van der Waals surface area contributed by atoms with Gasteiger partial charge in [0.1, 0.15) is 11.6 Å². The fraction of sp³-hybridized carbons (Fsp3) is 0.500. The lowest BCUT2D eigenvalue weighted by Crippen LogP contribution is -2.44. The molecule has 0 N–H and O–H groups in total. The zero-order chi connectivity index (χ0) is 18.9. The molecule has 3 rings (SSSR count). The lowest BCUT2D eigenvalue weighted by Gasteiger charge is -2.41. The number of hydrogen-bond donors (Lipinski definition) is 0. The molecule has 1 aromatic rings.